The van der Waals surface area contributed by atoms with E-state index in [1.807, 2.05) is 6.92 Å². The predicted molar refractivity (Wildman–Crippen MR) is 83.7 cm³/mol. The molecule has 1 aromatic rings. The highest BCUT2D eigenvalue weighted by molar-refractivity contribution is 6.03. The van der Waals surface area contributed by atoms with Crippen molar-refractivity contribution in [2.75, 3.05) is 37.0 Å². The Labute approximate surface area is 125 Å². The van der Waals surface area contributed by atoms with Gasteiger partial charge in [0.25, 0.3) is 0 Å². The van der Waals surface area contributed by atoms with Gasteiger partial charge in [-0.15, -0.1) is 0 Å². The number of hydrogen-bond donors (Lipinski definition) is 2. The standard InChI is InChI=1S/C16H23N3O2/c1-3-17-15-13-5-4-11(10-14(13)18-16(15)20)19-8-6-12(21-2)7-9-19/h4-5,10,12,15,17H,3,6-9H2,1-2H3,(H,18,20). The number of amides is 1. The number of hydrogen-bond acceptors (Lipinski definition) is 4. The fourth-order valence-electron chi connectivity index (χ4n) is 3.20. The average molecular weight is 289 g/mol. The lowest BCUT2D eigenvalue weighted by Crippen LogP contribution is -2.36. The lowest BCUT2D eigenvalue weighted by atomic mass is 10.0. The van der Waals surface area contributed by atoms with E-state index >= 15 is 0 Å². The average Bonchev–Trinajstić information content (AvgIpc) is 2.83. The SMILES string of the molecule is CCNC1C(=O)Nc2cc(N3CCC(OC)CC3)ccc21. The van der Waals surface area contributed by atoms with E-state index in [9.17, 15) is 4.79 Å². The Hall–Kier alpha value is -1.59. The molecule has 0 radical (unpaired) electrons. The van der Waals surface area contributed by atoms with E-state index in [1.165, 1.54) is 5.69 Å². The molecule has 1 saturated heterocycles. The lowest BCUT2D eigenvalue weighted by molar-refractivity contribution is -0.117. The number of fused-ring (bicyclic) bond motifs is 1. The van der Waals surface area contributed by atoms with Crippen molar-refractivity contribution in [3.05, 3.63) is 23.8 Å². The lowest BCUT2D eigenvalue weighted by Gasteiger charge is -2.33. The first-order valence-electron chi connectivity index (χ1n) is 7.69. The minimum absolute atomic E-state index is 0.0436. The smallest absolute Gasteiger partial charge is 0.246 e. The molecule has 2 N–H and O–H groups in total. The Morgan fingerprint density at radius 1 is 1.38 bits per heavy atom. The molecule has 0 aromatic heterocycles. The van der Waals surface area contributed by atoms with Crippen LogP contribution in [0.5, 0.6) is 0 Å². The summed E-state index contributed by atoms with van der Waals surface area (Å²) in [6.45, 7) is 4.80. The Bertz CT molecular complexity index is 524. The summed E-state index contributed by atoms with van der Waals surface area (Å²) in [5, 5.41) is 6.20. The van der Waals surface area contributed by atoms with Crippen molar-refractivity contribution in [1.29, 1.82) is 0 Å². The van der Waals surface area contributed by atoms with Crippen LogP contribution in [0, 0.1) is 0 Å². The van der Waals surface area contributed by atoms with Gasteiger partial charge in [0.15, 0.2) is 0 Å². The van der Waals surface area contributed by atoms with Gasteiger partial charge in [-0.25, -0.2) is 0 Å². The Kier molecular flexibility index (Phi) is 4.12. The van der Waals surface area contributed by atoms with Gasteiger partial charge in [-0.3, -0.25) is 4.79 Å². The first-order chi connectivity index (χ1) is 10.2. The van der Waals surface area contributed by atoms with Gasteiger partial charge in [-0.2, -0.15) is 0 Å². The summed E-state index contributed by atoms with van der Waals surface area (Å²) in [7, 11) is 1.78. The summed E-state index contributed by atoms with van der Waals surface area (Å²) in [5.74, 6) is 0.0436. The van der Waals surface area contributed by atoms with Crippen LogP contribution in [0.4, 0.5) is 11.4 Å². The van der Waals surface area contributed by atoms with E-state index in [0.717, 1.165) is 43.7 Å². The van der Waals surface area contributed by atoms with Gasteiger partial charge in [0.2, 0.25) is 5.91 Å². The molecule has 1 unspecified atom stereocenters. The Balaban J connectivity index is 1.76. The monoisotopic (exact) mass is 289 g/mol. The maximum atomic E-state index is 12.0. The fraction of sp³-hybridized carbons (Fsp3) is 0.562. The van der Waals surface area contributed by atoms with E-state index < -0.39 is 0 Å². The zero-order valence-electron chi connectivity index (χ0n) is 12.7. The number of rotatable bonds is 4. The van der Waals surface area contributed by atoms with Gasteiger partial charge in [-0.05, 0) is 31.5 Å². The minimum Gasteiger partial charge on any atom is -0.381 e. The Morgan fingerprint density at radius 3 is 2.81 bits per heavy atom. The van der Waals surface area contributed by atoms with Gasteiger partial charge in [0.05, 0.1) is 6.10 Å². The molecule has 0 saturated carbocycles. The third-order valence-electron chi connectivity index (χ3n) is 4.42. The molecule has 21 heavy (non-hydrogen) atoms. The Morgan fingerprint density at radius 2 is 2.14 bits per heavy atom. The molecular weight excluding hydrogens is 266 g/mol. The topological polar surface area (TPSA) is 53.6 Å². The van der Waals surface area contributed by atoms with Crippen LogP contribution >= 0.6 is 0 Å². The van der Waals surface area contributed by atoms with E-state index in [2.05, 4.69) is 33.7 Å². The number of nitrogens with one attached hydrogen (secondary N) is 2. The molecule has 1 atom stereocenters. The molecule has 2 aliphatic rings. The van der Waals surface area contributed by atoms with Crippen LogP contribution < -0.4 is 15.5 Å². The second-order valence-electron chi connectivity index (χ2n) is 5.67. The molecule has 3 rings (SSSR count). The maximum absolute atomic E-state index is 12.0. The first-order valence-corrected chi connectivity index (χ1v) is 7.69. The number of piperidine rings is 1. The number of carbonyl (C=O) groups excluding carboxylic acids is 1. The molecule has 2 heterocycles. The number of methoxy groups -OCH3 is 1. The van der Waals surface area contributed by atoms with Gasteiger partial charge >= 0.3 is 0 Å². The van der Waals surface area contributed by atoms with Crippen LogP contribution in [0.1, 0.15) is 31.4 Å². The summed E-state index contributed by atoms with van der Waals surface area (Å²) < 4.78 is 5.41. The number of anilines is 2. The first kappa shape index (κ1) is 14.4. The van der Waals surface area contributed by atoms with E-state index in [4.69, 9.17) is 4.74 Å². The number of likely N-dealkylation sites (N-methyl/N-ethyl adjacent to an activating group) is 1. The highest BCUT2D eigenvalue weighted by Gasteiger charge is 2.30. The number of ether oxygens (including phenoxy) is 1. The summed E-state index contributed by atoms with van der Waals surface area (Å²) in [4.78, 5) is 14.4. The minimum atomic E-state index is -0.210. The molecule has 0 bridgehead atoms. The maximum Gasteiger partial charge on any atom is 0.246 e. The van der Waals surface area contributed by atoms with Crippen molar-refractivity contribution in [3.63, 3.8) is 0 Å². The third kappa shape index (κ3) is 2.76. The molecule has 1 fully saturated rings. The second-order valence-corrected chi connectivity index (χ2v) is 5.67. The molecule has 1 aromatic carbocycles. The van der Waals surface area contributed by atoms with Crippen LogP contribution in [-0.4, -0.2) is 38.8 Å². The molecule has 114 valence electrons. The summed E-state index contributed by atoms with van der Waals surface area (Å²) in [5.41, 5.74) is 3.18. The molecular formula is C16H23N3O2. The van der Waals surface area contributed by atoms with E-state index in [1.54, 1.807) is 7.11 Å². The van der Waals surface area contributed by atoms with Crippen LogP contribution in [0.15, 0.2) is 18.2 Å². The molecule has 0 aliphatic carbocycles. The van der Waals surface area contributed by atoms with Crippen molar-refractivity contribution in [3.8, 4) is 0 Å². The fourth-order valence-corrected chi connectivity index (χ4v) is 3.20. The third-order valence-corrected chi connectivity index (χ3v) is 4.42. The summed E-state index contributed by atoms with van der Waals surface area (Å²) >= 11 is 0. The van der Waals surface area contributed by atoms with Gasteiger partial charge in [0, 0.05) is 37.1 Å². The highest BCUT2D eigenvalue weighted by Crippen LogP contribution is 2.34. The molecule has 2 aliphatic heterocycles. The summed E-state index contributed by atoms with van der Waals surface area (Å²) in [6.07, 6.45) is 2.49. The number of carbonyl (C=O) groups is 1. The zero-order valence-corrected chi connectivity index (χ0v) is 12.7. The normalized spacial score (nSPS) is 22.3. The van der Waals surface area contributed by atoms with Crippen LogP contribution in [0.2, 0.25) is 0 Å². The van der Waals surface area contributed by atoms with Crippen molar-refractivity contribution < 1.29 is 9.53 Å². The largest absolute Gasteiger partial charge is 0.381 e. The van der Waals surface area contributed by atoms with Gasteiger partial charge < -0.3 is 20.3 Å². The molecule has 5 heteroatoms. The van der Waals surface area contributed by atoms with E-state index in [0.29, 0.717) is 6.10 Å². The predicted octanol–water partition coefficient (Wildman–Crippen LogP) is 1.90. The van der Waals surface area contributed by atoms with Crippen molar-refractivity contribution in [1.82, 2.24) is 5.32 Å². The quantitative estimate of drug-likeness (QED) is 0.889. The van der Waals surface area contributed by atoms with Gasteiger partial charge in [-0.1, -0.05) is 13.0 Å². The number of nitrogens with zero attached hydrogens (tertiary/aromatic N) is 1. The van der Waals surface area contributed by atoms with Crippen molar-refractivity contribution in [2.24, 2.45) is 0 Å². The molecule has 5 nitrogen and oxygen atoms in total. The summed E-state index contributed by atoms with van der Waals surface area (Å²) in [6, 6.07) is 6.07. The highest BCUT2D eigenvalue weighted by atomic mass is 16.5. The van der Waals surface area contributed by atoms with Crippen molar-refractivity contribution >= 4 is 17.3 Å². The molecule has 0 spiro atoms. The molecule has 1 amide bonds. The van der Waals surface area contributed by atoms with Crippen LogP contribution in [-0.2, 0) is 9.53 Å². The van der Waals surface area contributed by atoms with Crippen LogP contribution in [0.3, 0.4) is 0 Å². The van der Waals surface area contributed by atoms with Crippen molar-refractivity contribution in [2.45, 2.75) is 31.9 Å². The second kappa shape index (κ2) is 6.03. The zero-order chi connectivity index (χ0) is 14.8. The number of benzene rings is 1. The van der Waals surface area contributed by atoms with Gasteiger partial charge in [0.1, 0.15) is 6.04 Å². The van der Waals surface area contributed by atoms with E-state index in [-0.39, 0.29) is 11.9 Å². The van der Waals surface area contributed by atoms with Crippen LogP contribution in [0.25, 0.3) is 0 Å².